The molecule has 0 N–H and O–H groups in total. The number of ether oxygens (including phenoxy) is 1. The predicted molar refractivity (Wildman–Crippen MR) is 124 cm³/mol. The molecule has 0 bridgehead atoms. The summed E-state index contributed by atoms with van der Waals surface area (Å²) in [4.78, 5) is 15.8. The molecule has 0 saturated carbocycles. The van der Waals surface area contributed by atoms with E-state index in [0.717, 1.165) is 48.8 Å². The minimum Gasteiger partial charge on any atom is -0.378 e. The van der Waals surface area contributed by atoms with Gasteiger partial charge in [0.15, 0.2) is 0 Å². The van der Waals surface area contributed by atoms with Crippen molar-refractivity contribution in [2.45, 2.75) is 5.92 Å². The van der Waals surface area contributed by atoms with Crippen LogP contribution in [0, 0.1) is 10.1 Å². The molecule has 1 unspecified atom stereocenters. The Balaban J connectivity index is 1.76. The molecule has 1 fully saturated rings. The summed E-state index contributed by atoms with van der Waals surface area (Å²) in [5, 5.41) is 11.8. The van der Waals surface area contributed by atoms with Crippen LogP contribution in [0.1, 0.15) is 22.6 Å². The van der Waals surface area contributed by atoms with E-state index < -0.39 is 0 Å². The monoisotopic (exact) mass is 417 g/mol. The lowest BCUT2D eigenvalue weighted by molar-refractivity contribution is -0.385. The van der Waals surface area contributed by atoms with Crippen LogP contribution in [0.2, 0.25) is 0 Å². The fourth-order valence-electron chi connectivity index (χ4n) is 4.11. The van der Waals surface area contributed by atoms with E-state index in [-0.39, 0.29) is 16.5 Å². The Bertz CT molecular complexity index is 1030. The minimum atomic E-state index is -0.293. The zero-order valence-corrected chi connectivity index (χ0v) is 17.9. The second-order valence-corrected chi connectivity index (χ2v) is 7.93. The lowest BCUT2D eigenvalue weighted by Gasteiger charge is -2.29. The number of para-hydroxylation sites is 1. The highest BCUT2D eigenvalue weighted by Crippen LogP contribution is 2.38. The van der Waals surface area contributed by atoms with E-state index in [9.17, 15) is 10.1 Å². The Hall–Kier alpha value is -3.38. The number of nitro groups is 1. The lowest BCUT2D eigenvalue weighted by atomic mass is 9.84. The smallest absolute Gasteiger partial charge is 0.273 e. The van der Waals surface area contributed by atoms with Crippen LogP contribution >= 0.6 is 0 Å². The number of nitrogens with zero attached hydrogens (tertiary/aromatic N) is 3. The van der Waals surface area contributed by atoms with Gasteiger partial charge in [0.1, 0.15) is 0 Å². The molecule has 6 heteroatoms. The van der Waals surface area contributed by atoms with E-state index in [1.54, 1.807) is 12.1 Å². The second-order valence-electron chi connectivity index (χ2n) is 7.93. The molecule has 160 valence electrons. The van der Waals surface area contributed by atoms with Crippen molar-refractivity contribution < 1.29 is 9.66 Å². The first-order valence-electron chi connectivity index (χ1n) is 10.5. The van der Waals surface area contributed by atoms with Crippen molar-refractivity contribution in [1.82, 2.24) is 0 Å². The molecule has 3 aromatic carbocycles. The molecule has 0 aromatic heterocycles. The normalized spacial score (nSPS) is 14.8. The van der Waals surface area contributed by atoms with Crippen LogP contribution in [0.3, 0.4) is 0 Å². The third-order valence-corrected chi connectivity index (χ3v) is 5.79. The number of anilines is 2. The van der Waals surface area contributed by atoms with Crippen LogP contribution in [0.5, 0.6) is 0 Å². The molecule has 1 atom stereocenters. The molecule has 31 heavy (non-hydrogen) atoms. The molecule has 1 heterocycles. The fraction of sp³-hybridized carbons (Fsp3) is 0.280. The maximum Gasteiger partial charge on any atom is 0.273 e. The number of morpholine rings is 1. The number of hydrogen-bond acceptors (Lipinski definition) is 5. The Labute approximate surface area is 182 Å². The summed E-state index contributed by atoms with van der Waals surface area (Å²) in [6.07, 6.45) is 0. The first kappa shape index (κ1) is 20.9. The Morgan fingerprint density at radius 2 is 1.48 bits per heavy atom. The number of benzene rings is 3. The van der Waals surface area contributed by atoms with Crippen LogP contribution in [-0.4, -0.2) is 45.3 Å². The Morgan fingerprint density at radius 1 is 0.903 bits per heavy atom. The van der Waals surface area contributed by atoms with Crippen LogP contribution in [0.25, 0.3) is 0 Å². The molecule has 3 aromatic rings. The second kappa shape index (κ2) is 9.18. The third-order valence-electron chi connectivity index (χ3n) is 5.79. The van der Waals surface area contributed by atoms with Gasteiger partial charge in [-0.3, -0.25) is 10.1 Å². The first-order chi connectivity index (χ1) is 15.0. The van der Waals surface area contributed by atoms with Gasteiger partial charge in [0.05, 0.1) is 18.1 Å². The van der Waals surface area contributed by atoms with E-state index in [4.69, 9.17) is 4.74 Å². The van der Waals surface area contributed by atoms with Crippen molar-refractivity contribution in [2.24, 2.45) is 0 Å². The topological polar surface area (TPSA) is 58.8 Å². The van der Waals surface area contributed by atoms with E-state index in [1.165, 1.54) is 0 Å². The molecule has 1 aliphatic rings. The minimum absolute atomic E-state index is 0.140. The zero-order valence-electron chi connectivity index (χ0n) is 17.9. The standard InChI is InChI=1S/C25H27N3O3/c1-26(2)21-11-7-19(8-12-21)25(23-5-3-4-6-24(23)28(29)30)20-9-13-22(14-10-20)27-15-17-31-18-16-27/h3-14,25H,15-18H2,1-2H3. The van der Waals surface area contributed by atoms with Gasteiger partial charge in [0.2, 0.25) is 0 Å². The number of hydrogen-bond donors (Lipinski definition) is 0. The van der Waals surface area contributed by atoms with Gasteiger partial charge < -0.3 is 14.5 Å². The van der Waals surface area contributed by atoms with Gasteiger partial charge in [-0.2, -0.15) is 0 Å². The third kappa shape index (κ3) is 4.54. The van der Waals surface area contributed by atoms with E-state index in [1.807, 2.05) is 31.1 Å². The SMILES string of the molecule is CN(C)c1ccc(C(c2ccc(N3CCOCC3)cc2)c2ccccc2[N+](=O)[O-])cc1. The van der Waals surface area contributed by atoms with Crippen molar-refractivity contribution in [3.05, 3.63) is 99.6 Å². The summed E-state index contributed by atoms with van der Waals surface area (Å²) >= 11 is 0. The lowest BCUT2D eigenvalue weighted by Crippen LogP contribution is -2.36. The first-order valence-corrected chi connectivity index (χ1v) is 10.5. The molecule has 6 nitrogen and oxygen atoms in total. The quantitative estimate of drug-likeness (QED) is 0.331. The highest BCUT2D eigenvalue weighted by molar-refractivity contribution is 5.57. The van der Waals surface area contributed by atoms with E-state index in [0.29, 0.717) is 5.56 Å². The van der Waals surface area contributed by atoms with Crippen molar-refractivity contribution in [2.75, 3.05) is 50.2 Å². The van der Waals surface area contributed by atoms with Gasteiger partial charge in [0.25, 0.3) is 5.69 Å². The van der Waals surface area contributed by atoms with Crippen LogP contribution < -0.4 is 9.80 Å². The van der Waals surface area contributed by atoms with Gasteiger partial charge in [0, 0.05) is 56.1 Å². The zero-order chi connectivity index (χ0) is 21.8. The summed E-state index contributed by atoms with van der Waals surface area (Å²) in [5.41, 5.74) is 5.14. The Kier molecular flexibility index (Phi) is 6.18. The maximum absolute atomic E-state index is 11.8. The molecule has 0 amide bonds. The molecule has 0 radical (unpaired) electrons. The molecule has 0 spiro atoms. The van der Waals surface area contributed by atoms with Gasteiger partial charge in [-0.05, 0) is 35.4 Å². The largest absolute Gasteiger partial charge is 0.378 e. The molecule has 1 aliphatic heterocycles. The van der Waals surface area contributed by atoms with Gasteiger partial charge in [-0.15, -0.1) is 0 Å². The van der Waals surface area contributed by atoms with Crippen molar-refractivity contribution in [1.29, 1.82) is 0 Å². The van der Waals surface area contributed by atoms with E-state index in [2.05, 4.69) is 53.4 Å². The van der Waals surface area contributed by atoms with Gasteiger partial charge in [-0.25, -0.2) is 0 Å². The van der Waals surface area contributed by atoms with Crippen molar-refractivity contribution >= 4 is 17.1 Å². The molecular weight excluding hydrogens is 390 g/mol. The van der Waals surface area contributed by atoms with Gasteiger partial charge in [-0.1, -0.05) is 42.5 Å². The van der Waals surface area contributed by atoms with E-state index >= 15 is 0 Å². The summed E-state index contributed by atoms with van der Waals surface area (Å²) in [7, 11) is 4.00. The van der Waals surface area contributed by atoms with Crippen LogP contribution in [0.15, 0.2) is 72.8 Å². The van der Waals surface area contributed by atoms with Crippen LogP contribution in [0.4, 0.5) is 17.1 Å². The number of nitro benzene ring substituents is 1. The van der Waals surface area contributed by atoms with Crippen molar-refractivity contribution in [3.63, 3.8) is 0 Å². The summed E-state index contributed by atoms with van der Waals surface area (Å²) in [5.74, 6) is -0.225. The molecule has 1 saturated heterocycles. The molecule has 0 aliphatic carbocycles. The predicted octanol–water partition coefficient (Wildman–Crippen LogP) is 4.68. The number of rotatable bonds is 6. The summed E-state index contributed by atoms with van der Waals surface area (Å²) in [6.45, 7) is 3.22. The van der Waals surface area contributed by atoms with Gasteiger partial charge >= 0.3 is 0 Å². The fourth-order valence-corrected chi connectivity index (χ4v) is 4.11. The summed E-state index contributed by atoms with van der Waals surface area (Å²) in [6, 6.07) is 23.7. The maximum atomic E-state index is 11.8. The average Bonchev–Trinajstić information content (AvgIpc) is 2.81. The van der Waals surface area contributed by atoms with Crippen molar-refractivity contribution in [3.8, 4) is 0 Å². The molecular formula is C25H27N3O3. The Morgan fingerprint density at radius 3 is 2.06 bits per heavy atom. The highest BCUT2D eigenvalue weighted by atomic mass is 16.6. The van der Waals surface area contributed by atoms with Crippen LogP contribution in [-0.2, 0) is 4.74 Å². The molecule has 4 rings (SSSR count). The average molecular weight is 418 g/mol. The highest BCUT2D eigenvalue weighted by Gasteiger charge is 2.25. The summed E-state index contributed by atoms with van der Waals surface area (Å²) < 4.78 is 5.45.